The molecule has 1 saturated heterocycles. The van der Waals surface area contributed by atoms with Crippen molar-refractivity contribution in [3.05, 3.63) is 46.5 Å². The Morgan fingerprint density at radius 3 is 2.77 bits per heavy atom. The molecule has 30 heavy (non-hydrogen) atoms. The summed E-state index contributed by atoms with van der Waals surface area (Å²) >= 11 is 1.50. The van der Waals surface area contributed by atoms with E-state index in [2.05, 4.69) is 20.4 Å². The molecule has 0 aliphatic carbocycles. The number of hydrogen-bond acceptors (Lipinski definition) is 6. The molecule has 3 aromatic heterocycles. The van der Waals surface area contributed by atoms with Crippen LogP contribution in [0.2, 0.25) is 0 Å². The number of nitrogens with zero attached hydrogens (tertiary/aromatic N) is 4. The summed E-state index contributed by atoms with van der Waals surface area (Å²) in [6.07, 6.45) is 3.64. The van der Waals surface area contributed by atoms with Crippen LogP contribution in [0.3, 0.4) is 0 Å². The van der Waals surface area contributed by atoms with Crippen molar-refractivity contribution in [3.63, 3.8) is 0 Å². The highest BCUT2D eigenvalue weighted by atomic mass is 35.5. The number of piperidine rings is 1. The first-order valence-corrected chi connectivity index (χ1v) is 10.2. The van der Waals surface area contributed by atoms with E-state index in [1.165, 1.54) is 28.0 Å². The van der Waals surface area contributed by atoms with Crippen LogP contribution in [0.4, 0.5) is 4.39 Å². The van der Waals surface area contributed by atoms with Gasteiger partial charge in [-0.25, -0.2) is 23.7 Å². The molecule has 1 aromatic carbocycles. The maximum Gasteiger partial charge on any atom is 0.339 e. The van der Waals surface area contributed by atoms with Crippen LogP contribution >= 0.6 is 23.7 Å². The molecule has 1 aliphatic rings. The zero-order valence-electron chi connectivity index (χ0n) is 16.1. The maximum absolute atomic E-state index is 14.9. The Morgan fingerprint density at radius 1 is 1.27 bits per heavy atom. The second-order valence-corrected chi connectivity index (χ2v) is 8.34. The molecule has 1 aliphatic heterocycles. The monoisotopic (exact) mass is 447 g/mol. The standard InChI is InChI=1S/C20H18FN5O2S.ClH/c1-10-9-26-18(23-10)13(20(27)28)8-15(25-26)12-6-14(21)17-16(7-12)29-19(24-17)11-2-4-22-5-3-11;/h6-9,11,22H,2-5H2,1H3,(H,27,28);1H. The topological polar surface area (TPSA) is 92.4 Å². The Bertz CT molecular complexity index is 1270. The average Bonchev–Trinajstić information content (AvgIpc) is 3.30. The van der Waals surface area contributed by atoms with E-state index in [1.807, 2.05) is 6.07 Å². The van der Waals surface area contributed by atoms with Crippen molar-refractivity contribution in [2.75, 3.05) is 13.1 Å². The van der Waals surface area contributed by atoms with Gasteiger partial charge in [-0.2, -0.15) is 5.10 Å². The zero-order valence-corrected chi connectivity index (χ0v) is 17.7. The highest BCUT2D eigenvalue weighted by molar-refractivity contribution is 7.18. The number of halogens is 2. The van der Waals surface area contributed by atoms with Gasteiger partial charge in [0.25, 0.3) is 0 Å². The molecular weight excluding hydrogens is 429 g/mol. The summed E-state index contributed by atoms with van der Waals surface area (Å²) in [5.41, 5.74) is 2.23. The summed E-state index contributed by atoms with van der Waals surface area (Å²) in [4.78, 5) is 20.5. The van der Waals surface area contributed by atoms with Gasteiger partial charge in [-0.05, 0) is 51.1 Å². The number of fused-ring (bicyclic) bond motifs is 2. The van der Waals surface area contributed by atoms with Crippen LogP contribution in [0, 0.1) is 12.7 Å². The van der Waals surface area contributed by atoms with E-state index in [0.29, 0.717) is 28.4 Å². The normalized spacial score (nSPS) is 14.9. The van der Waals surface area contributed by atoms with Gasteiger partial charge in [-0.1, -0.05) is 0 Å². The van der Waals surface area contributed by atoms with Gasteiger partial charge in [0.15, 0.2) is 11.5 Å². The molecule has 10 heteroatoms. The van der Waals surface area contributed by atoms with Gasteiger partial charge in [-0.15, -0.1) is 23.7 Å². The lowest BCUT2D eigenvalue weighted by Gasteiger charge is -2.20. The van der Waals surface area contributed by atoms with E-state index in [1.54, 1.807) is 13.1 Å². The molecule has 1 fully saturated rings. The largest absolute Gasteiger partial charge is 0.478 e. The van der Waals surface area contributed by atoms with Crippen molar-refractivity contribution in [1.29, 1.82) is 0 Å². The van der Waals surface area contributed by atoms with Crippen LogP contribution < -0.4 is 5.32 Å². The number of rotatable bonds is 3. The summed E-state index contributed by atoms with van der Waals surface area (Å²) < 4.78 is 17.0. The van der Waals surface area contributed by atoms with Gasteiger partial charge < -0.3 is 10.4 Å². The molecule has 0 bridgehead atoms. The summed E-state index contributed by atoms with van der Waals surface area (Å²) in [6, 6.07) is 4.65. The fraction of sp³-hybridized carbons (Fsp3) is 0.300. The minimum Gasteiger partial charge on any atom is -0.478 e. The van der Waals surface area contributed by atoms with E-state index in [0.717, 1.165) is 35.6 Å². The number of aryl methyl sites for hydroxylation is 1. The molecule has 0 spiro atoms. The number of thiazole rings is 1. The molecule has 0 saturated carbocycles. The number of aromatic nitrogens is 4. The predicted molar refractivity (Wildman–Crippen MR) is 115 cm³/mol. The van der Waals surface area contributed by atoms with Gasteiger partial charge in [0.2, 0.25) is 0 Å². The quantitative estimate of drug-likeness (QED) is 0.492. The van der Waals surface area contributed by atoms with Crippen molar-refractivity contribution in [2.24, 2.45) is 0 Å². The third-order valence-corrected chi connectivity index (χ3v) is 6.39. The lowest BCUT2D eigenvalue weighted by molar-refractivity contribution is 0.0698. The van der Waals surface area contributed by atoms with Gasteiger partial charge >= 0.3 is 5.97 Å². The molecule has 0 atom stereocenters. The molecule has 0 unspecified atom stereocenters. The molecule has 0 amide bonds. The molecule has 2 N–H and O–H groups in total. The predicted octanol–water partition coefficient (Wildman–Crippen LogP) is 4.04. The van der Waals surface area contributed by atoms with E-state index >= 15 is 0 Å². The van der Waals surface area contributed by atoms with E-state index in [4.69, 9.17) is 0 Å². The number of benzene rings is 1. The minimum absolute atomic E-state index is 0. The molecule has 7 nitrogen and oxygen atoms in total. The van der Waals surface area contributed by atoms with E-state index in [9.17, 15) is 14.3 Å². The number of nitrogens with one attached hydrogen (secondary N) is 1. The highest BCUT2D eigenvalue weighted by Crippen LogP contribution is 2.35. The first kappa shape index (κ1) is 20.6. The average molecular weight is 448 g/mol. The Hall–Kier alpha value is -2.62. The van der Waals surface area contributed by atoms with Crippen molar-refractivity contribution >= 4 is 45.6 Å². The Labute approximate surface area is 181 Å². The van der Waals surface area contributed by atoms with E-state index in [-0.39, 0.29) is 23.6 Å². The maximum atomic E-state index is 14.9. The molecule has 5 rings (SSSR count). The number of imidazole rings is 1. The molecule has 156 valence electrons. The lowest BCUT2D eigenvalue weighted by Crippen LogP contribution is -2.26. The number of carboxylic acid groups (broad SMARTS) is 1. The highest BCUT2D eigenvalue weighted by Gasteiger charge is 2.22. The first-order valence-electron chi connectivity index (χ1n) is 9.41. The molecule has 4 heterocycles. The molecular formula is C20H19ClFN5O2S. The fourth-order valence-electron chi connectivity index (χ4n) is 3.79. The van der Waals surface area contributed by atoms with Gasteiger partial charge in [0.1, 0.15) is 11.1 Å². The first-order chi connectivity index (χ1) is 14.0. The second kappa shape index (κ2) is 7.90. The third kappa shape index (κ3) is 3.53. The Morgan fingerprint density at radius 2 is 2.03 bits per heavy atom. The molecule has 0 radical (unpaired) electrons. The smallest absolute Gasteiger partial charge is 0.339 e. The summed E-state index contributed by atoms with van der Waals surface area (Å²) in [7, 11) is 0. The van der Waals surface area contributed by atoms with Crippen LogP contribution in [0.5, 0.6) is 0 Å². The van der Waals surface area contributed by atoms with Crippen molar-refractivity contribution < 1.29 is 14.3 Å². The van der Waals surface area contributed by atoms with E-state index < -0.39 is 11.8 Å². The second-order valence-electron chi connectivity index (χ2n) is 7.28. The lowest BCUT2D eigenvalue weighted by atomic mass is 9.99. The molecule has 4 aromatic rings. The van der Waals surface area contributed by atoms with Crippen LogP contribution in [0.25, 0.3) is 27.1 Å². The van der Waals surface area contributed by atoms with Crippen molar-refractivity contribution in [3.8, 4) is 11.3 Å². The zero-order chi connectivity index (χ0) is 20.1. The SMILES string of the molecule is Cc1cn2nc(-c3cc(F)c4nc(C5CCNCC5)sc4c3)cc(C(=O)O)c2n1.Cl. The Kier molecular flexibility index (Phi) is 5.44. The van der Waals surface area contributed by atoms with Crippen molar-refractivity contribution in [1.82, 2.24) is 24.9 Å². The minimum atomic E-state index is -1.10. The van der Waals surface area contributed by atoms with Gasteiger partial charge in [0, 0.05) is 11.5 Å². The summed E-state index contributed by atoms with van der Waals surface area (Å²) in [5, 5.41) is 18.3. The van der Waals surface area contributed by atoms with Crippen molar-refractivity contribution in [2.45, 2.75) is 25.7 Å². The van der Waals surface area contributed by atoms with Crippen LogP contribution in [-0.2, 0) is 0 Å². The van der Waals surface area contributed by atoms with Crippen LogP contribution in [0.15, 0.2) is 24.4 Å². The number of carbonyl (C=O) groups is 1. The number of hydrogen-bond donors (Lipinski definition) is 2. The Balaban J connectivity index is 0.00000218. The summed E-state index contributed by atoms with van der Waals surface area (Å²) in [6.45, 7) is 3.66. The van der Waals surface area contributed by atoms with Crippen LogP contribution in [-0.4, -0.2) is 43.7 Å². The third-order valence-electron chi connectivity index (χ3n) is 5.23. The number of carboxylic acids is 1. The summed E-state index contributed by atoms with van der Waals surface area (Å²) in [5.74, 6) is -1.18. The van der Waals surface area contributed by atoms with Gasteiger partial charge in [0.05, 0.1) is 27.3 Å². The van der Waals surface area contributed by atoms with Gasteiger partial charge in [-0.3, -0.25) is 0 Å². The van der Waals surface area contributed by atoms with Crippen LogP contribution in [0.1, 0.15) is 39.8 Å². The fourth-order valence-corrected chi connectivity index (χ4v) is 4.98. The number of aromatic carboxylic acids is 1.